The molecule has 0 radical (unpaired) electrons. The second-order valence-electron chi connectivity index (χ2n) is 5.52. The lowest BCUT2D eigenvalue weighted by Gasteiger charge is -2.27. The van der Waals surface area contributed by atoms with Gasteiger partial charge in [-0.3, -0.25) is 19.2 Å². The molecule has 1 fully saturated rings. The maximum absolute atomic E-state index is 11.5. The van der Waals surface area contributed by atoms with Crippen molar-refractivity contribution in [3.05, 3.63) is 0 Å². The zero-order valence-electron chi connectivity index (χ0n) is 15.4. The number of thioether (sulfide) groups is 1. The molecular formula is C16H24O9S. The van der Waals surface area contributed by atoms with Crippen LogP contribution in [0.3, 0.4) is 0 Å². The molecule has 0 amide bonds. The van der Waals surface area contributed by atoms with E-state index in [-0.39, 0.29) is 6.61 Å². The van der Waals surface area contributed by atoms with Gasteiger partial charge in [0.15, 0.2) is 6.10 Å². The summed E-state index contributed by atoms with van der Waals surface area (Å²) in [4.78, 5) is 45.5. The number of ether oxygens (including phenoxy) is 5. The third-order valence-electron chi connectivity index (χ3n) is 3.29. The third-order valence-corrected chi connectivity index (χ3v) is 4.49. The fraction of sp³-hybridized carbons (Fsp3) is 0.750. The Labute approximate surface area is 156 Å². The number of hydrogen-bond acceptors (Lipinski definition) is 10. The van der Waals surface area contributed by atoms with Gasteiger partial charge >= 0.3 is 23.9 Å². The quantitative estimate of drug-likeness (QED) is 0.434. The minimum absolute atomic E-state index is 0.284. The van der Waals surface area contributed by atoms with Crippen LogP contribution in [-0.2, 0) is 42.9 Å². The molecule has 0 aromatic carbocycles. The van der Waals surface area contributed by atoms with Gasteiger partial charge in [0.05, 0.1) is 0 Å². The summed E-state index contributed by atoms with van der Waals surface area (Å²) < 4.78 is 26.4. The first-order valence-electron chi connectivity index (χ1n) is 8.07. The van der Waals surface area contributed by atoms with Crippen molar-refractivity contribution in [1.29, 1.82) is 0 Å². The number of rotatable bonds is 8. The zero-order valence-corrected chi connectivity index (χ0v) is 16.2. The highest BCUT2D eigenvalue weighted by Gasteiger charge is 2.52. The monoisotopic (exact) mass is 392 g/mol. The average molecular weight is 392 g/mol. The Kier molecular flexibility index (Phi) is 8.86. The van der Waals surface area contributed by atoms with Gasteiger partial charge in [-0.25, -0.2) is 0 Å². The standard InChI is InChI=1S/C16H24O9S/c1-6-26-15-14(23-10(4)19)13(25-16(15)24-11(5)20)12(22-9(3)18)7-21-8(2)17/h12-16H,6-7H2,1-5H3. The van der Waals surface area contributed by atoms with E-state index in [1.807, 2.05) is 6.92 Å². The van der Waals surface area contributed by atoms with E-state index in [1.54, 1.807) is 0 Å². The summed E-state index contributed by atoms with van der Waals surface area (Å²) in [6.45, 7) is 6.47. The molecule has 0 saturated carbocycles. The van der Waals surface area contributed by atoms with Gasteiger partial charge in [-0.1, -0.05) is 6.92 Å². The van der Waals surface area contributed by atoms with Crippen LogP contribution in [0.15, 0.2) is 0 Å². The first kappa shape index (κ1) is 22.2. The van der Waals surface area contributed by atoms with Crippen LogP contribution in [0.2, 0.25) is 0 Å². The van der Waals surface area contributed by atoms with Crippen LogP contribution >= 0.6 is 11.8 Å². The normalized spacial score (nSPS) is 25.9. The van der Waals surface area contributed by atoms with E-state index >= 15 is 0 Å². The summed E-state index contributed by atoms with van der Waals surface area (Å²) in [6.07, 6.45) is -3.85. The first-order valence-corrected chi connectivity index (χ1v) is 9.12. The largest absolute Gasteiger partial charge is 0.462 e. The van der Waals surface area contributed by atoms with Crippen LogP contribution in [-0.4, -0.2) is 66.1 Å². The summed E-state index contributed by atoms with van der Waals surface area (Å²) in [7, 11) is 0. The number of carbonyl (C=O) groups excluding carboxylic acids is 4. The Morgan fingerprint density at radius 3 is 2.04 bits per heavy atom. The lowest BCUT2D eigenvalue weighted by Crippen LogP contribution is -2.45. The Hall–Kier alpha value is -1.81. The topological polar surface area (TPSA) is 114 Å². The molecule has 26 heavy (non-hydrogen) atoms. The van der Waals surface area contributed by atoms with Crippen molar-refractivity contribution in [3.63, 3.8) is 0 Å². The predicted molar refractivity (Wildman–Crippen MR) is 90.1 cm³/mol. The second kappa shape index (κ2) is 10.4. The Morgan fingerprint density at radius 2 is 1.58 bits per heavy atom. The molecule has 0 aliphatic carbocycles. The minimum Gasteiger partial charge on any atom is -0.462 e. The highest BCUT2D eigenvalue weighted by molar-refractivity contribution is 8.00. The summed E-state index contributed by atoms with van der Waals surface area (Å²) >= 11 is 1.38. The average Bonchev–Trinajstić information content (AvgIpc) is 2.80. The van der Waals surface area contributed by atoms with Crippen LogP contribution in [0, 0.1) is 0 Å². The van der Waals surface area contributed by atoms with Gasteiger partial charge in [-0.05, 0) is 5.75 Å². The molecule has 10 heteroatoms. The van der Waals surface area contributed by atoms with E-state index in [9.17, 15) is 19.2 Å². The van der Waals surface area contributed by atoms with Crippen LogP contribution in [0.4, 0.5) is 0 Å². The van der Waals surface area contributed by atoms with Crippen LogP contribution in [0.5, 0.6) is 0 Å². The summed E-state index contributed by atoms with van der Waals surface area (Å²) in [5, 5.41) is -0.520. The van der Waals surface area contributed by atoms with Crippen LogP contribution < -0.4 is 0 Å². The Morgan fingerprint density at radius 1 is 0.962 bits per heavy atom. The Balaban J connectivity index is 3.12. The second-order valence-corrected chi connectivity index (χ2v) is 6.98. The fourth-order valence-corrected chi connectivity index (χ4v) is 3.57. The zero-order chi connectivity index (χ0) is 19.9. The summed E-state index contributed by atoms with van der Waals surface area (Å²) in [5.74, 6) is -1.69. The minimum atomic E-state index is -1.03. The molecule has 5 atom stereocenters. The number of esters is 4. The van der Waals surface area contributed by atoms with Crippen LogP contribution in [0.25, 0.3) is 0 Å². The number of carbonyl (C=O) groups is 4. The van der Waals surface area contributed by atoms with Crippen molar-refractivity contribution in [2.75, 3.05) is 12.4 Å². The van der Waals surface area contributed by atoms with Crippen molar-refractivity contribution >= 4 is 35.6 Å². The van der Waals surface area contributed by atoms with E-state index in [4.69, 9.17) is 23.7 Å². The summed E-state index contributed by atoms with van der Waals surface area (Å²) in [5.41, 5.74) is 0. The lowest BCUT2D eigenvalue weighted by atomic mass is 10.1. The van der Waals surface area contributed by atoms with E-state index in [0.29, 0.717) is 5.75 Å². The number of hydrogen-bond donors (Lipinski definition) is 0. The maximum Gasteiger partial charge on any atom is 0.304 e. The molecule has 0 bridgehead atoms. The highest BCUT2D eigenvalue weighted by atomic mass is 32.2. The highest BCUT2D eigenvalue weighted by Crippen LogP contribution is 2.36. The third kappa shape index (κ3) is 6.83. The van der Waals surface area contributed by atoms with E-state index < -0.39 is 53.7 Å². The van der Waals surface area contributed by atoms with Gasteiger partial charge < -0.3 is 23.7 Å². The first-order chi connectivity index (χ1) is 12.1. The molecule has 1 aliphatic rings. The molecule has 1 rings (SSSR count). The van der Waals surface area contributed by atoms with Crippen LogP contribution in [0.1, 0.15) is 34.6 Å². The van der Waals surface area contributed by atoms with Gasteiger partial charge in [0, 0.05) is 27.7 Å². The molecule has 5 unspecified atom stereocenters. The molecule has 9 nitrogen and oxygen atoms in total. The van der Waals surface area contributed by atoms with E-state index in [2.05, 4.69) is 0 Å². The molecule has 0 aromatic heterocycles. The predicted octanol–water partition coefficient (Wildman–Crippen LogP) is 0.823. The molecular weight excluding hydrogens is 368 g/mol. The van der Waals surface area contributed by atoms with Gasteiger partial charge in [0.1, 0.15) is 24.1 Å². The fourth-order valence-electron chi connectivity index (χ4n) is 2.51. The van der Waals surface area contributed by atoms with Gasteiger partial charge in [-0.2, -0.15) is 0 Å². The van der Waals surface area contributed by atoms with E-state index in [0.717, 1.165) is 0 Å². The van der Waals surface area contributed by atoms with Crippen molar-refractivity contribution in [3.8, 4) is 0 Å². The molecule has 1 saturated heterocycles. The van der Waals surface area contributed by atoms with Crippen molar-refractivity contribution in [1.82, 2.24) is 0 Å². The van der Waals surface area contributed by atoms with Crippen molar-refractivity contribution < 1.29 is 42.9 Å². The van der Waals surface area contributed by atoms with Gasteiger partial charge in [-0.15, -0.1) is 11.8 Å². The van der Waals surface area contributed by atoms with Crippen molar-refractivity contribution in [2.45, 2.75) is 64.5 Å². The molecule has 148 valence electrons. The van der Waals surface area contributed by atoms with Gasteiger partial charge in [0.2, 0.25) is 6.29 Å². The Bertz CT molecular complexity index is 536. The molecule has 0 aromatic rings. The van der Waals surface area contributed by atoms with Crippen molar-refractivity contribution in [2.24, 2.45) is 0 Å². The molecule has 0 N–H and O–H groups in total. The smallest absolute Gasteiger partial charge is 0.304 e. The summed E-state index contributed by atoms with van der Waals surface area (Å²) in [6, 6.07) is 0. The maximum atomic E-state index is 11.5. The van der Waals surface area contributed by atoms with Gasteiger partial charge in [0.25, 0.3) is 0 Å². The molecule has 0 spiro atoms. The lowest BCUT2D eigenvalue weighted by molar-refractivity contribution is -0.194. The molecule has 1 heterocycles. The van der Waals surface area contributed by atoms with E-state index in [1.165, 1.54) is 39.5 Å². The molecule has 1 aliphatic heterocycles. The SMILES string of the molecule is CCSC1C(OC(C)=O)OC(C(COC(C)=O)OC(C)=O)C1OC(C)=O.